The molecule has 29 heavy (non-hydrogen) atoms. The van der Waals surface area contributed by atoms with Gasteiger partial charge in [0.25, 0.3) is 5.91 Å². The molecule has 1 aliphatic rings. The lowest BCUT2D eigenvalue weighted by atomic mass is 9.77. The van der Waals surface area contributed by atoms with Crippen LogP contribution < -0.4 is 5.48 Å². The van der Waals surface area contributed by atoms with Gasteiger partial charge in [-0.05, 0) is 55.6 Å². The van der Waals surface area contributed by atoms with Crippen LogP contribution in [0.3, 0.4) is 0 Å². The van der Waals surface area contributed by atoms with Gasteiger partial charge in [-0.3, -0.25) is 14.7 Å². The number of rotatable bonds is 8. The van der Waals surface area contributed by atoms with Gasteiger partial charge in [-0.2, -0.15) is 5.10 Å². The zero-order chi connectivity index (χ0) is 21.0. The van der Waals surface area contributed by atoms with Gasteiger partial charge < -0.3 is 4.90 Å². The van der Waals surface area contributed by atoms with E-state index in [9.17, 15) is 14.4 Å². The van der Waals surface area contributed by atoms with Crippen LogP contribution in [-0.2, 0) is 16.8 Å². The van der Waals surface area contributed by atoms with E-state index in [1.165, 1.54) is 6.07 Å². The topological polar surface area (TPSA) is 70.4 Å². The highest BCUT2D eigenvalue weighted by molar-refractivity contribution is 5.94. The summed E-state index contributed by atoms with van der Waals surface area (Å²) in [5.74, 6) is -0.909. The molecule has 0 saturated carbocycles. The summed E-state index contributed by atoms with van der Waals surface area (Å²) in [7, 11) is 0. The number of amides is 1. The van der Waals surface area contributed by atoms with Gasteiger partial charge in [0.15, 0.2) is 0 Å². The second kappa shape index (κ2) is 8.88. The predicted octanol–water partition coefficient (Wildman–Crippen LogP) is 3.29. The van der Waals surface area contributed by atoms with Crippen molar-refractivity contribution in [3.63, 3.8) is 0 Å². The first kappa shape index (κ1) is 21.2. The molecule has 1 heterocycles. The number of allylic oxidation sites excluding steroid dienone is 1. The molecule has 0 radical (unpaired) electrons. The monoisotopic (exact) mass is 400 g/mol. The van der Waals surface area contributed by atoms with Crippen LogP contribution in [0, 0.1) is 12.7 Å². The summed E-state index contributed by atoms with van der Waals surface area (Å²) in [4.78, 5) is 15.0. The molecule has 1 aliphatic carbocycles. The largest absolute Gasteiger partial charge is 0.302 e. The van der Waals surface area contributed by atoms with Crippen LogP contribution in [0.2, 0.25) is 0 Å². The van der Waals surface area contributed by atoms with Crippen molar-refractivity contribution in [3.8, 4) is 0 Å². The number of benzene rings is 1. The van der Waals surface area contributed by atoms with Crippen molar-refractivity contribution in [2.24, 2.45) is 0 Å². The molecule has 6 nitrogen and oxygen atoms in total. The number of hydrogen-bond donors (Lipinski definition) is 2. The SMILES string of the molecule is CCN(CC)CCn1cc(C2=C[C@](C(=O)NO)(c3cccc(F)c3C)CC2)cn1. The average Bonchev–Trinajstić information content (AvgIpc) is 3.38. The number of halogens is 1. The molecule has 156 valence electrons. The highest BCUT2D eigenvalue weighted by Crippen LogP contribution is 2.44. The van der Waals surface area contributed by atoms with Gasteiger partial charge in [0.05, 0.1) is 18.2 Å². The van der Waals surface area contributed by atoms with Crippen molar-refractivity contribution in [2.75, 3.05) is 19.6 Å². The molecule has 1 aromatic carbocycles. The Kier molecular flexibility index (Phi) is 6.49. The fourth-order valence-electron chi connectivity index (χ4n) is 4.14. The molecular weight excluding hydrogens is 371 g/mol. The maximum atomic E-state index is 14.2. The molecule has 0 aliphatic heterocycles. The van der Waals surface area contributed by atoms with Gasteiger partial charge in [0, 0.05) is 18.3 Å². The number of hydrogen-bond acceptors (Lipinski definition) is 4. The summed E-state index contributed by atoms with van der Waals surface area (Å²) in [6.45, 7) is 9.66. The van der Waals surface area contributed by atoms with Crippen LogP contribution in [0.5, 0.6) is 0 Å². The van der Waals surface area contributed by atoms with E-state index in [1.54, 1.807) is 30.7 Å². The number of carbonyl (C=O) groups is 1. The third-order valence-electron chi connectivity index (χ3n) is 6.01. The van der Waals surface area contributed by atoms with E-state index in [1.807, 2.05) is 17.0 Å². The molecule has 2 aromatic rings. The maximum absolute atomic E-state index is 14.2. The standard InChI is InChI=1S/C22H29FN4O2/c1-4-26(5-2)11-12-27-15-18(14-24-27)17-9-10-22(13-17,21(28)25-29)19-7-6-8-20(23)16(19)3/h6-8,13-15,29H,4-5,9-12H2,1-3H3,(H,25,28)/t22-/m0/s1. The average molecular weight is 400 g/mol. The Bertz CT molecular complexity index is 904. The number of likely N-dealkylation sites (N-methyl/N-ethyl adjacent to an activating group) is 1. The van der Waals surface area contributed by atoms with Crippen LogP contribution >= 0.6 is 0 Å². The van der Waals surface area contributed by atoms with Crippen molar-refractivity contribution in [1.82, 2.24) is 20.2 Å². The van der Waals surface area contributed by atoms with Gasteiger partial charge in [-0.25, -0.2) is 9.87 Å². The number of nitrogens with one attached hydrogen (secondary N) is 1. The van der Waals surface area contributed by atoms with E-state index in [0.29, 0.717) is 24.0 Å². The first-order valence-electron chi connectivity index (χ1n) is 10.1. The Morgan fingerprint density at radius 3 is 2.83 bits per heavy atom. The number of hydroxylamine groups is 1. The highest BCUT2D eigenvalue weighted by atomic mass is 19.1. The molecule has 7 heteroatoms. The van der Waals surface area contributed by atoms with E-state index < -0.39 is 11.3 Å². The molecule has 0 spiro atoms. The molecule has 3 rings (SSSR count). The Hall–Kier alpha value is -2.51. The van der Waals surface area contributed by atoms with Crippen molar-refractivity contribution in [3.05, 3.63) is 59.2 Å². The van der Waals surface area contributed by atoms with Crippen LogP contribution in [0.15, 0.2) is 36.7 Å². The zero-order valence-corrected chi connectivity index (χ0v) is 17.3. The third-order valence-corrected chi connectivity index (χ3v) is 6.01. The summed E-state index contributed by atoms with van der Waals surface area (Å²) in [5, 5.41) is 13.8. The van der Waals surface area contributed by atoms with Crippen LogP contribution in [0.4, 0.5) is 4.39 Å². The lowest BCUT2D eigenvalue weighted by Crippen LogP contribution is -2.41. The van der Waals surface area contributed by atoms with Crippen molar-refractivity contribution in [2.45, 2.75) is 45.6 Å². The van der Waals surface area contributed by atoms with E-state index in [4.69, 9.17) is 0 Å². The summed E-state index contributed by atoms with van der Waals surface area (Å²) in [6.07, 6.45) is 6.75. The molecule has 1 atom stereocenters. The summed E-state index contributed by atoms with van der Waals surface area (Å²) in [5.41, 5.74) is 3.61. The molecule has 2 N–H and O–H groups in total. The van der Waals surface area contributed by atoms with Crippen molar-refractivity contribution in [1.29, 1.82) is 0 Å². The molecule has 0 saturated heterocycles. The van der Waals surface area contributed by atoms with Gasteiger partial charge >= 0.3 is 0 Å². The Labute approximate surface area is 171 Å². The Balaban J connectivity index is 1.90. The van der Waals surface area contributed by atoms with Crippen molar-refractivity contribution >= 4 is 11.5 Å². The van der Waals surface area contributed by atoms with E-state index in [2.05, 4.69) is 23.8 Å². The molecule has 0 fully saturated rings. The van der Waals surface area contributed by atoms with E-state index in [0.717, 1.165) is 37.3 Å². The van der Waals surface area contributed by atoms with Gasteiger partial charge in [-0.1, -0.05) is 32.1 Å². The summed E-state index contributed by atoms with van der Waals surface area (Å²) >= 11 is 0. The number of nitrogens with zero attached hydrogens (tertiary/aromatic N) is 3. The number of aromatic nitrogens is 2. The second-order valence-electron chi connectivity index (χ2n) is 7.51. The second-order valence-corrected chi connectivity index (χ2v) is 7.51. The molecule has 0 unspecified atom stereocenters. The molecule has 1 amide bonds. The number of carbonyl (C=O) groups excluding carboxylic acids is 1. The predicted molar refractivity (Wildman–Crippen MR) is 110 cm³/mol. The molecular formula is C22H29FN4O2. The van der Waals surface area contributed by atoms with Gasteiger partial charge in [0.2, 0.25) is 0 Å². The first-order valence-corrected chi connectivity index (χ1v) is 10.1. The zero-order valence-electron chi connectivity index (χ0n) is 17.3. The van der Waals surface area contributed by atoms with Crippen LogP contribution in [-0.4, -0.2) is 45.4 Å². The van der Waals surface area contributed by atoms with E-state index >= 15 is 0 Å². The maximum Gasteiger partial charge on any atom is 0.257 e. The smallest absolute Gasteiger partial charge is 0.257 e. The van der Waals surface area contributed by atoms with Gasteiger partial charge in [0.1, 0.15) is 5.82 Å². The normalized spacial score (nSPS) is 18.9. The van der Waals surface area contributed by atoms with Crippen LogP contribution in [0.25, 0.3) is 5.57 Å². The van der Waals surface area contributed by atoms with Gasteiger partial charge in [-0.15, -0.1) is 0 Å². The third kappa shape index (κ3) is 4.11. The quantitative estimate of drug-likeness (QED) is 0.527. The molecule has 1 aromatic heterocycles. The minimum absolute atomic E-state index is 0.362. The summed E-state index contributed by atoms with van der Waals surface area (Å²) in [6, 6.07) is 4.73. The Morgan fingerprint density at radius 2 is 2.14 bits per heavy atom. The van der Waals surface area contributed by atoms with Crippen molar-refractivity contribution < 1.29 is 14.4 Å². The fourth-order valence-corrected chi connectivity index (χ4v) is 4.14. The lowest BCUT2D eigenvalue weighted by molar-refractivity contribution is -0.133. The lowest BCUT2D eigenvalue weighted by Gasteiger charge is -2.27. The Morgan fingerprint density at radius 1 is 1.38 bits per heavy atom. The highest BCUT2D eigenvalue weighted by Gasteiger charge is 2.43. The minimum atomic E-state index is -1.10. The fraction of sp³-hybridized carbons (Fsp3) is 0.455. The summed E-state index contributed by atoms with van der Waals surface area (Å²) < 4.78 is 16.1. The minimum Gasteiger partial charge on any atom is -0.302 e. The van der Waals surface area contributed by atoms with E-state index in [-0.39, 0.29) is 5.82 Å². The first-order chi connectivity index (χ1) is 13.9. The molecule has 0 bridgehead atoms. The van der Waals surface area contributed by atoms with Crippen LogP contribution in [0.1, 0.15) is 43.4 Å².